The first-order valence-corrected chi connectivity index (χ1v) is 11.9. The lowest BCUT2D eigenvalue weighted by Crippen LogP contribution is -2.17. The topological polar surface area (TPSA) is 102 Å². The first kappa shape index (κ1) is 22.9. The van der Waals surface area contributed by atoms with E-state index in [0.29, 0.717) is 39.5 Å². The molecule has 6 aromatic rings. The van der Waals surface area contributed by atoms with Crippen LogP contribution in [-0.2, 0) is 0 Å². The van der Waals surface area contributed by atoms with Gasteiger partial charge in [0, 0.05) is 40.3 Å². The van der Waals surface area contributed by atoms with Crippen molar-refractivity contribution in [2.75, 3.05) is 5.32 Å². The summed E-state index contributed by atoms with van der Waals surface area (Å²) in [5.41, 5.74) is 4.70. The predicted octanol–water partition coefficient (Wildman–Crippen LogP) is 5.34. The van der Waals surface area contributed by atoms with Crippen molar-refractivity contribution in [2.45, 2.75) is 0 Å². The molecule has 182 valence electrons. The average molecular weight is 497 g/mol. The lowest BCUT2D eigenvalue weighted by Gasteiger charge is -2.11. The molecule has 0 spiro atoms. The van der Waals surface area contributed by atoms with Crippen molar-refractivity contribution in [3.05, 3.63) is 132 Å². The van der Waals surface area contributed by atoms with Crippen molar-refractivity contribution in [3.63, 3.8) is 0 Å². The molecule has 0 aliphatic rings. The first-order valence-electron chi connectivity index (χ1n) is 11.9. The number of ketones is 1. The lowest BCUT2D eigenvalue weighted by molar-refractivity contribution is 0.0996. The Bertz CT molecular complexity index is 1780. The number of nitrogens with one attached hydrogen (secondary N) is 1. The molecule has 0 radical (unpaired) electrons. The van der Waals surface area contributed by atoms with Gasteiger partial charge < -0.3 is 5.32 Å². The van der Waals surface area contributed by atoms with Crippen molar-refractivity contribution < 1.29 is 9.59 Å². The van der Waals surface area contributed by atoms with Crippen LogP contribution < -0.4 is 5.32 Å². The van der Waals surface area contributed by atoms with Crippen LogP contribution in [0.15, 0.2) is 116 Å². The molecule has 0 saturated heterocycles. The Morgan fingerprint density at radius 3 is 2.26 bits per heavy atom. The number of hydrogen-bond donors (Lipinski definition) is 1. The molecular weight excluding hydrogens is 476 g/mol. The predicted molar refractivity (Wildman–Crippen MR) is 144 cm³/mol. The van der Waals surface area contributed by atoms with Crippen molar-refractivity contribution in [1.29, 1.82) is 0 Å². The van der Waals surface area contributed by atoms with E-state index >= 15 is 0 Å². The molecule has 3 aromatic carbocycles. The molecule has 1 amide bonds. The molecule has 0 fully saturated rings. The van der Waals surface area contributed by atoms with E-state index in [1.807, 2.05) is 48.5 Å². The summed E-state index contributed by atoms with van der Waals surface area (Å²) in [5, 5.41) is 16.2. The zero-order valence-corrected chi connectivity index (χ0v) is 20.0. The molecule has 0 aliphatic heterocycles. The fraction of sp³-hybridized carbons (Fsp3) is 0. The third-order valence-electron chi connectivity index (χ3n) is 6.07. The Morgan fingerprint density at radius 2 is 1.45 bits per heavy atom. The van der Waals surface area contributed by atoms with E-state index in [4.69, 9.17) is 5.10 Å². The molecule has 0 bridgehead atoms. The molecular formula is C30H20N6O2. The molecule has 0 atom stereocenters. The molecule has 3 heterocycles. The van der Waals surface area contributed by atoms with Gasteiger partial charge in [-0.2, -0.15) is 9.61 Å². The van der Waals surface area contributed by atoms with Gasteiger partial charge in [-0.25, -0.2) is 0 Å². The minimum Gasteiger partial charge on any atom is -0.322 e. The van der Waals surface area contributed by atoms with Gasteiger partial charge in [-0.05, 0) is 42.5 Å². The highest BCUT2D eigenvalue weighted by molar-refractivity contribution is 6.17. The minimum absolute atomic E-state index is 0.207. The molecule has 0 unspecified atom stereocenters. The number of amides is 1. The van der Waals surface area contributed by atoms with E-state index in [0.717, 1.165) is 11.1 Å². The number of hydrogen-bond acceptors (Lipinski definition) is 6. The summed E-state index contributed by atoms with van der Waals surface area (Å²) in [6.45, 7) is 0. The van der Waals surface area contributed by atoms with Crippen LogP contribution in [0.3, 0.4) is 0 Å². The number of carbonyl (C=O) groups excluding carboxylic acids is 2. The largest absolute Gasteiger partial charge is 0.322 e. The summed E-state index contributed by atoms with van der Waals surface area (Å²) in [6, 6.07) is 30.5. The third-order valence-corrected chi connectivity index (χ3v) is 6.07. The Labute approximate surface area is 217 Å². The SMILES string of the molecule is O=C(Nc1cccc(-c2ccc3nnc(-c4ccncc4)n3n2)c1)c1ccccc1C(=O)c1ccccc1. The van der Waals surface area contributed by atoms with Gasteiger partial charge in [-0.15, -0.1) is 10.2 Å². The Balaban J connectivity index is 1.29. The van der Waals surface area contributed by atoms with E-state index in [1.54, 1.807) is 71.5 Å². The normalized spacial score (nSPS) is 10.8. The molecule has 0 saturated carbocycles. The quantitative estimate of drug-likeness (QED) is 0.313. The van der Waals surface area contributed by atoms with Crippen molar-refractivity contribution >= 4 is 23.0 Å². The minimum atomic E-state index is -0.371. The van der Waals surface area contributed by atoms with Gasteiger partial charge in [0.25, 0.3) is 5.91 Å². The summed E-state index contributed by atoms with van der Waals surface area (Å²) in [6.07, 6.45) is 3.38. The number of carbonyl (C=O) groups is 2. The van der Waals surface area contributed by atoms with Gasteiger partial charge in [0.2, 0.25) is 0 Å². The molecule has 0 aliphatic carbocycles. The van der Waals surface area contributed by atoms with Crippen molar-refractivity contribution in [3.8, 4) is 22.6 Å². The van der Waals surface area contributed by atoms with Crippen LogP contribution in [0.4, 0.5) is 5.69 Å². The number of nitrogens with zero attached hydrogens (tertiary/aromatic N) is 5. The molecule has 1 N–H and O–H groups in total. The monoisotopic (exact) mass is 496 g/mol. The Kier molecular flexibility index (Phi) is 5.95. The fourth-order valence-electron chi connectivity index (χ4n) is 4.20. The van der Waals surface area contributed by atoms with Gasteiger partial charge in [0.15, 0.2) is 17.3 Å². The van der Waals surface area contributed by atoms with Crippen LogP contribution in [0.5, 0.6) is 0 Å². The smallest absolute Gasteiger partial charge is 0.256 e. The Hall–Kier alpha value is -5.50. The highest BCUT2D eigenvalue weighted by atomic mass is 16.2. The van der Waals surface area contributed by atoms with Gasteiger partial charge in [0.05, 0.1) is 11.3 Å². The molecule has 6 rings (SSSR count). The highest BCUT2D eigenvalue weighted by Crippen LogP contribution is 2.24. The summed E-state index contributed by atoms with van der Waals surface area (Å²) in [4.78, 5) is 30.4. The van der Waals surface area contributed by atoms with Crippen LogP contribution in [0.25, 0.3) is 28.3 Å². The van der Waals surface area contributed by atoms with Gasteiger partial charge in [-0.3, -0.25) is 14.6 Å². The van der Waals surface area contributed by atoms with E-state index in [1.165, 1.54) is 0 Å². The molecule has 8 nitrogen and oxygen atoms in total. The second-order valence-electron chi connectivity index (χ2n) is 8.52. The summed E-state index contributed by atoms with van der Waals surface area (Å²) in [5.74, 6) is 0.0270. The van der Waals surface area contributed by atoms with Crippen LogP contribution in [0.2, 0.25) is 0 Å². The summed E-state index contributed by atoms with van der Waals surface area (Å²) < 4.78 is 1.68. The number of fused-ring (bicyclic) bond motifs is 1. The number of benzene rings is 3. The highest BCUT2D eigenvalue weighted by Gasteiger charge is 2.18. The number of aromatic nitrogens is 5. The van der Waals surface area contributed by atoms with Crippen LogP contribution >= 0.6 is 0 Å². The second kappa shape index (κ2) is 9.87. The maximum absolute atomic E-state index is 13.3. The second-order valence-corrected chi connectivity index (χ2v) is 8.52. The number of anilines is 1. The molecule has 8 heteroatoms. The maximum Gasteiger partial charge on any atom is 0.256 e. The maximum atomic E-state index is 13.3. The Morgan fingerprint density at radius 1 is 0.684 bits per heavy atom. The lowest BCUT2D eigenvalue weighted by atomic mass is 9.98. The van der Waals surface area contributed by atoms with Crippen molar-refractivity contribution in [2.24, 2.45) is 0 Å². The number of pyridine rings is 1. The standard InChI is InChI=1S/C30H20N6O2/c37-28(20-7-2-1-3-8-20)24-11-4-5-12-25(24)30(38)32-23-10-6-9-22(19-23)26-13-14-27-33-34-29(36(27)35-26)21-15-17-31-18-16-21/h1-19H,(H,32,38). The van der Waals surface area contributed by atoms with Gasteiger partial charge >= 0.3 is 0 Å². The summed E-state index contributed by atoms with van der Waals surface area (Å²) in [7, 11) is 0. The van der Waals surface area contributed by atoms with E-state index in [9.17, 15) is 9.59 Å². The van der Waals surface area contributed by atoms with E-state index < -0.39 is 0 Å². The van der Waals surface area contributed by atoms with Gasteiger partial charge in [0.1, 0.15) is 0 Å². The zero-order valence-electron chi connectivity index (χ0n) is 20.0. The molecule has 3 aromatic heterocycles. The fourth-order valence-corrected chi connectivity index (χ4v) is 4.20. The van der Waals surface area contributed by atoms with Crippen LogP contribution in [0.1, 0.15) is 26.3 Å². The van der Waals surface area contributed by atoms with Crippen LogP contribution in [-0.4, -0.2) is 36.5 Å². The zero-order chi connectivity index (χ0) is 25.9. The number of rotatable bonds is 6. The van der Waals surface area contributed by atoms with E-state index in [-0.39, 0.29) is 11.7 Å². The van der Waals surface area contributed by atoms with Crippen molar-refractivity contribution in [1.82, 2.24) is 24.8 Å². The van der Waals surface area contributed by atoms with Gasteiger partial charge in [-0.1, -0.05) is 60.7 Å². The summed E-state index contributed by atoms with van der Waals surface area (Å²) >= 11 is 0. The average Bonchev–Trinajstić information content (AvgIpc) is 3.41. The first-order chi connectivity index (χ1) is 18.7. The van der Waals surface area contributed by atoms with Crippen LogP contribution in [0, 0.1) is 0 Å². The molecule has 38 heavy (non-hydrogen) atoms. The van der Waals surface area contributed by atoms with E-state index in [2.05, 4.69) is 20.5 Å². The third kappa shape index (κ3) is 4.42.